The van der Waals surface area contributed by atoms with Gasteiger partial charge in [0.1, 0.15) is 46.5 Å². The lowest BCUT2D eigenvalue weighted by atomic mass is 10.1. The molecule has 2 aromatic carbocycles. The quantitative estimate of drug-likeness (QED) is 0.107. The van der Waals surface area contributed by atoms with Crippen molar-refractivity contribution >= 4 is 79.5 Å². The number of phenols is 4. The number of rotatable bonds is 9. The minimum Gasteiger partial charge on any atom is -0.508 e. The molecule has 2 aliphatic rings. The van der Waals surface area contributed by atoms with Crippen LogP contribution in [0.1, 0.15) is 9.75 Å². The van der Waals surface area contributed by atoms with Crippen LogP contribution in [0.5, 0.6) is 23.0 Å². The molecule has 4 N–H and O–H groups in total. The molecule has 8 rings (SSSR count). The molecule has 278 valence electrons. The molecule has 0 fully saturated rings. The van der Waals surface area contributed by atoms with Crippen molar-refractivity contribution in [1.29, 1.82) is 0 Å². The Bertz CT molecular complexity index is 2670. The highest BCUT2D eigenvalue weighted by Gasteiger charge is 2.18. The molecule has 0 atom stereocenters. The van der Waals surface area contributed by atoms with Crippen LogP contribution in [0.3, 0.4) is 0 Å². The number of allylic oxidation sites excluding steroid dienone is 4. The van der Waals surface area contributed by atoms with Gasteiger partial charge in [-0.25, -0.2) is 9.98 Å². The average Bonchev–Trinajstić information content (AvgIpc) is 4.00. The third-order valence-corrected chi connectivity index (χ3v) is 13.4. The zero-order valence-corrected chi connectivity index (χ0v) is 33.1. The van der Waals surface area contributed by atoms with E-state index in [9.17, 15) is 20.4 Å². The Morgan fingerprint density at radius 3 is 1.52 bits per heavy atom. The SMILES string of the molecule is Cc1ccc(-c2cc(N=C3C=CC(N=Nc4ccc(O)cc4O)C=C3)c(-c3ccc(-c4cc(N=C5C=CC(N=Nc6ccc(O)cc6O)C=C5)c(C)s4)s3)s2)s1. The molecule has 0 saturated carbocycles. The van der Waals surface area contributed by atoms with Crippen molar-refractivity contribution in [2.45, 2.75) is 25.9 Å². The van der Waals surface area contributed by atoms with Gasteiger partial charge in [0, 0.05) is 46.3 Å². The number of benzene rings is 2. The zero-order valence-electron chi connectivity index (χ0n) is 29.8. The van der Waals surface area contributed by atoms with Crippen molar-refractivity contribution in [1.82, 2.24) is 0 Å². The number of aryl methyl sites for hydroxylation is 2. The van der Waals surface area contributed by atoms with Gasteiger partial charge < -0.3 is 20.4 Å². The van der Waals surface area contributed by atoms with Gasteiger partial charge in [0.25, 0.3) is 0 Å². The molecule has 6 aromatic rings. The maximum absolute atomic E-state index is 10.0. The minimum absolute atomic E-state index is 0.0360. The highest BCUT2D eigenvalue weighted by atomic mass is 32.1. The first kappa shape index (κ1) is 36.9. The van der Waals surface area contributed by atoms with Crippen LogP contribution < -0.4 is 0 Å². The molecule has 0 radical (unpaired) electrons. The molecular weight excluding hydrogens is 781 g/mol. The fourth-order valence-electron chi connectivity index (χ4n) is 5.69. The standard InChI is InChI=1S/C42H32N6O4S4/c1-23-3-16-37(53-23)41-22-34(44-26-6-10-28(11-7-26)46-48-32-15-13-30(50)20-36(32)52)42(56-41)39-18-17-38(55-39)40-21-33(24(2)54-40)43-25-4-8-27(9-5-25)45-47-31-14-12-29(49)19-35(31)51/h3-22,27-28,49-52H,1-2H3. The number of thiophene rings is 4. The Balaban J connectivity index is 1.00. The number of aromatic hydroxyl groups is 4. The normalized spacial score (nSPS) is 16.5. The van der Waals surface area contributed by atoms with E-state index >= 15 is 0 Å². The number of hydrogen-bond donors (Lipinski definition) is 4. The van der Waals surface area contributed by atoms with Crippen LogP contribution in [0.4, 0.5) is 22.7 Å². The highest BCUT2D eigenvalue weighted by Crippen LogP contribution is 2.49. The topological polar surface area (TPSA) is 155 Å². The van der Waals surface area contributed by atoms with Crippen LogP contribution in [-0.4, -0.2) is 43.9 Å². The maximum Gasteiger partial charge on any atom is 0.146 e. The fourth-order valence-corrected chi connectivity index (χ4v) is 9.90. The van der Waals surface area contributed by atoms with E-state index in [2.05, 4.69) is 70.7 Å². The van der Waals surface area contributed by atoms with Gasteiger partial charge in [-0.05, 0) is 98.8 Å². The van der Waals surface area contributed by atoms with Crippen LogP contribution in [0.25, 0.3) is 29.3 Å². The number of aliphatic imine (C=N–C) groups is 2. The van der Waals surface area contributed by atoms with E-state index in [4.69, 9.17) is 9.98 Å². The second-order valence-corrected chi connectivity index (χ2v) is 17.4. The van der Waals surface area contributed by atoms with E-state index in [-0.39, 0.29) is 46.5 Å². The summed E-state index contributed by atoms with van der Waals surface area (Å²) in [5.74, 6) is -0.344. The summed E-state index contributed by atoms with van der Waals surface area (Å²) in [5.41, 5.74) is 3.97. The Hall–Kier alpha value is -6.06. The van der Waals surface area contributed by atoms with Crippen LogP contribution in [0, 0.1) is 13.8 Å². The molecule has 2 aliphatic carbocycles. The van der Waals surface area contributed by atoms with E-state index in [1.54, 1.807) is 45.3 Å². The highest BCUT2D eigenvalue weighted by molar-refractivity contribution is 7.29. The number of hydrogen-bond acceptors (Lipinski definition) is 14. The Morgan fingerprint density at radius 1 is 0.464 bits per heavy atom. The van der Waals surface area contributed by atoms with Gasteiger partial charge in [-0.1, -0.05) is 24.3 Å². The van der Waals surface area contributed by atoms with E-state index in [1.165, 1.54) is 46.2 Å². The van der Waals surface area contributed by atoms with Gasteiger partial charge in [-0.15, -0.1) is 45.3 Å². The average molecular weight is 813 g/mol. The van der Waals surface area contributed by atoms with E-state index < -0.39 is 0 Å². The van der Waals surface area contributed by atoms with Gasteiger partial charge in [-0.2, -0.15) is 20.5 Å². The van der Waals surface area contributed by atoms with Crippen molar-refractivity contribution in [3.05, 3.63) is 131 Å². The predicted octanol–water partition coefficient (Wildman–Crippen LogP) is 13.1. The summed E-state index contributed by atoms with van der Waals surface area (Å²) in [7, 11) is 0. The molecule has 4 heterocycles. The molecule has 56 heavy (non-hydrogen) atoms. The molecule has 14 heteroatoms. The predicted molar refractivity (Wildman–Crippen MR) is 231 cm³/mol. The number of phenolic OH excluding ortho intramolecular Hbond substituents is 4. The van der Waals surface area contributed by atoms with Crippen molar-refractivity contribution in [2.75, 3.05) is 0 Å². The van der Waals surface area contributed by atoms with Crippen molar-refractivity contribution in [3.8, 4) is 52.3 Å². The van der Waals surface area contributed by atoms with Crippen molar-refractivity contribution < 1.29 is 20.4 Å². The smallest absolute Gasteiger partial charge is 0.146 e. The summed E-state index contributed by atoms with van der Waals surface area (Å²) in [6, 6.07) is 20.7. The van der Waals surface area contributed by atoms with Gasteiger partial charge in [0.2, 0.25) is 0 Å². The molecule has 4 aromatic heterocycles. The first-order valence-electron chi connectivity index (χ1n) is 17.3. The van der Waals surface area contributed by atoms with Gasteiger partial charge >= 0.3 is 0 Å². The Kier molecular flexibility index (Phi) is 10.5. The van der Waals surface area contributed by atoms with E-state index in [0.29, 0.717) is 0 Å². The second kappa shape index (κ2) is 16.0. The van der Waals surface area contributed by atoms with Crippen LogP contribution >= 0.6 is 45.3 Å². The minimum atomic E-state index is -0.315. The number of azo groups is 2. The molecule has 0 aliphatic heterocycles. The van der Waals surface area contributed by atoms with Crippen molar-refractivity contribution in [2.24, 2.45) is 30.4 Å². The third-order valence-electron chi connectivity index (χ3n) is 8.53. The molecule has 0 spiro atoms. The zero-order chi connectivity index (χ0) is 38.8. The first-order chi connectivity index (χ1) is 27.1. The summed E-state index contributed by atoms with van der Waals surface area (Å²) in [6.07, 6.45) is 15.3. The largest absolute Gasteiger partial charge is 0.508 e. The lowest BCUT2D eigenvalue weighted by Gasteiger charge is -2.06. The summed E-state index contributed by atoms with van der Waals surface area (Å²) < 4.78 is 0. The Labute approximate surface area is 337 Å². The summed E-state index contributed by atoms with van der Waals surface area (Å²) in [4.78, 5) is 19.3. The lowest BCUT2D eigenvalue weighted by molar-refractivity contribution is 0.450. The molecule has 0 saturated heterocycles. The summed E-state index contributed by atoms with van der Waals surface area (Å²) >= 11 is 6.96. The fraction of sp³-hybridized carbons (Fsp3) is 0.0952. The van der Waals surface area contributed by atoms with Gasteiger partial charge in [0.05, 0.1) is 27.7 Å². The van der Waals surface area contributed by atoms with E-state index in [1.807, 2.05) is 48.6 Å². The Morgan fingerprint density at radius 2 is 0.964 bits per heavy atom. The molecule has 0 unspecified atom stereocenters. The van der Waals surface area contributed by atoms with Crippen molar-refractivity contribution in [3.63, 3.8) is 0 Å². The van der Waals surface area contributed by atoms with Crippen LogP contribution in [0.15, 0.2) is 152 Å². The van der Waals surface area contributed by atoms with Gasteiger partial charge in [-0.3, -0.25) is 0 Å². The molecule has 10 nitrogen and oxygen atoms in total. The lowest BCUT2D eigenvalue weighted by Crippen LogP contribution is -2.02. The summed E-state index contributed by atoms with van der Waals surface area (Å²) in [5, 5.41) is 55.9. The van der Waals surface area contributed by atoms with Gasteiger partial charge in [0.15, 0.2) is 0 Å². The van der Waals surface area contributed by atoms with Crippen LogP contribution in [0.2, 0.25) is 0 Å². The summed E-state index contributed by atoms with van der Waals surface area (Å²) in [6.45, 7) is 4.19. The van der Waals surface area contributed by atoms with E-state index in [0.717, 1.165) is 52.1 Å². The molecule has 0 bridgehead atoms. The number of nitrogens with zero attached hydrogens (tertiary/aromatic N) is 6. The molecule has 0 amide bonds. The molecular formula is C42H32N6O4S4. The maximum atomic E-state index is 10.0. The first-order valence-corrected chi connectivity index (χ1v) is 20.6. The second-order valence-electron chi connectivity index (χ2n) is 12.7. The van der Waals surface area contributed by atoms with Crippen LogP contribution in [-0.2, 0) is 0 Å². The third kappa shape index (κ3) is 8.43. The monoisotopic (exact) mass is 812 g/mol.